The van der Waals surface area contributed by atoms with Gasteiger partial charge >= 0.3 is 0 Å². The fraction of sp³-hybridized carbons (Fsp3) is 0.500. The molecule has 1 aromatic heterocycles. The van der Waals surface area contributed by atoms with E-state index in [2.05, 4.69) is 25.1 Å². The van der Waals surface area contributed by atoms with Crippen LogP contribution in [0, 0.1) is 6.92 Å². The summed E-state index contributed by atoms with van der Waals surface area (Å²) < 4.78 is 1.51. The number of thiophene rings is 1. The summed E-state index contributed by atoms with van der Waals surface area (Å²) in [6, 6.07) is 0. The van der Waals surface area contributed by atoms with Crippen molar-refractivity contribution in [3.63, 3.8) is 0 Å². The third-order valence-corrected chi connectivity index (χ3v) is 4.47. The smallest absolute Gasteiger partial charge is 0.103 e. The van der Waals surface area contributed by atoms with Gasteiger partial charge in [-0.1, -0.05) is 31.3 Å². The Hall–Kier alpha value is -0.210. The van der Waals surface area contributed by atoms with Crippen molar-refractivity contribution in [2.45, 2.75) is 37.8 Å². The number of aryl methyl sites for hydroxylation is 1. The number of hydrogen-bond acceptors (Lipinski definition) is 1. The maximum absolute atomic E-state index is 3.73. The van der Waals surface area contributed by atoms with Crippen LogP contribution in [0.2, 0.25) is 0 Å². The van der Waals surface area contributed by atoms with E-state index in [9.17, 15) is 0 Å². The summed E-state index contributed by atoms with van der Waals surface area (Å²) in [6.45, 7) is 9.96. The Kier molecular flexibility index (Phi) is 8.01. The molecule has 0 spiro atoms. The van der Waals surface area contributed by atoms with Crippen molar-refractivity contribution in [1.29, 1.82) is 0 Å². The molecule has 0 atom stereocenters. The molecule has 0 bridgehead atoms. The molecule has 1 aromatic rings. The zero-order valence-corrected chi connectivity index (χ0v) is 11.3. The molecule has 2 heteroatoms. The van der Waals surface area contributed by atoms with Gasteiger partial charge in [-0.25, -0.2) is 0 Å². The number of thiol groups is 1. The van der Waals surface area contributed by atoms with Crippen LogP contribution in [0.25, 0.3) is 0 Å². The monoisotopic (exact) mass is 229 g/mol. The van der Waals surface area contributed by atoms with E-state index in [0.29, 0.717) is 0 Å². The molecule has 0 saturated heterocycles. The van der Waals surface area contributed by atoms with Gasteiger partial charge in [0.15, 0.2) is 0 Å². The molecule has 0 aromatic carbocycles. The average Bonchev–Trinajstić information content (AvgIpc) is 2.59. The van der Waals surface area contributed by atoms with Crippen LogP contribution in [0.5, 0.6) is 0 Å². The molecule has 1 rings (SSSR count). The number of allylic oxidation sites excluding steroid dienone is 1. The molecular weight excluding hydrogens is 208 g/mol. The van der Waals surface area contributed by atoms with Gasteiger partial charge in [0.1, 0.15) is 6.26 Å². The predicted molar refractivity (Wildman–Crippen MR) is 71.9 cm³/mol. The minimum Gasteiger partial charge on any atom is -0.103 e. The zero-order chi connectivity index (χ0) is 11.0. The van der Waals surface area contributed by atoms with Gasteiger partial charge in [-0.15, -0.1) is 6.58 Å². The second-order valence-electron chi connectivity index (χ2n) is 2.74. The van der Waals surface area contributed by atoms with Crippen molar-refractivity contribution in [1.82, 2.24) is 0 Å². The molecule has 0 aliphatic rings. The molecule has 0 aliphatic heterocycles. The topological polar surface area (TPSA) is 0 Å². The molecule has 0 N–H and O–H groups in total. The molecule has 0 radical (unpaired) electrons. The number of rotatable bonds is 4. The van der Waals surface area contributed by atoms with Crippen molar-refractivity contribution < 1.29 is 0 Å². The fourth-order valence-corrected chi connectivity index (χ4v) is 3.08. The fourth-order valence-electron chi connectivity index (χ4n) is 1.17. The highest BCUT2D eigenvalue weighted by molar-refractivity contribution is 7.80. The van der Waals surface area contributed by atoms with E-state index in [1.165, 1.54) is 27.1 Å². The Labute approximate surface area is 96.4 Å². The van der Waals surface area contributed by atoms with Crippen LogP contribution in [-0.4, -0.2) is 6.26 Å². The van der Waals surface area contributed by atoms with E-state index in [4.69, 9.17) is 0 Å². The maximum atomic E-state index is 3.73. The molecule has 0 nitrogen and oxygen atoms in total. The van der Waals surface area contributed by atoms with Crippen molar-refractivity contribution >= 4 is 23.1 Å². The molecule has 80 valence electrons. The first-order chi connectivity index (χ1) is 6.79. The van der Waals surface area contributed by atoms with E-state index in [0.717, 1.165) is 12.8 Å². The lowest BCUT2D eigenvalue weighted by Crippen LogP contribution is -1.85. The standard InChI is InChI=1S/C10H14S2.C2H6/c1-4-5-6-9-7-12-10(11-3)8(9)2;1-2/h4,7H,1,5-6H2,2-3H3;1-2H3/p+1. The lowest BCUT2D eigenvalue weighted by atomic mass is 10.1. The second kappa shape index (κ2) is 8.13. The molecular formula is C12H21S2+. The summed E-state index contributed by atoms with van der Waals surface area (Å²) in [5, 5.41) is 2.28. The van der Waals surface area contributed by atoms with Gasteiger partial charge in [0.2, 0.25) is 4.21 Å². The Morgan fingerprint density at radius 3 is 2.57 bits per heavy atom. The first-order valence-electron chi connectivity index (χ1n) is 5.07. The second-order valence-corrected chi connectivity index (χ2v) is 4.82. The Morgan fingerprint density at radius 1 is 1.50 bits per heavy atom. The van der Waals surface area contributed by atoms with Crippen LogP contribution in [0.15, 0.2) is 22.2 Å². The van der Waals surface area contributed by atoms with E-state index >= 15 is 0 Å². The summed E-state index contributed by atoms with van der Waals surface area (Å²) in [7, 11) is 0. The zero-order valence-electron chi connectivity index (χ0n) is 9.63. The highest BCUT2D eigenvalue weighted by atomic mass is 32.2. The summed E-state index contributed by atoms with van der Waals surface area (Å²) in [5.41, 5.74) is 3.00. The van der Waals surface area contributed by atoms with Crippen LogP contribution in [0.4, 0.5) is 0 Å². The highest BCUT2D eigenvalue weighted by Gasteiger charge is 2.10. The van der Waals surface area contributed by atoms with Crippen molar-refractivity contribution in [3.05, 3.63) is 29.2 Å². The highest BCUT2D eigenvalue weighted by Crippen LogP contribution is 2.24. The summed E-state index contributed by atoms with van der Waals surface area (Å²) >= 11 is 3.27. The van der Waals surface area contributed by atoms with Crippen molar-refractivity contribution in [2.24, 2.45) is 0 Å². The number of hydrogen-bond donors (Lipinski definition) is 0. The van der Waals surface area contributed by atoms with Crippen LogP contribution in [0.1, 0.15) is 31.4 Å². The minimum absolute atomic E-state index is 1.09. The molecule has 0 amide bonds. The lowest BCUT2D eigenvalue weighted by molar-refractivity contribution is 0.993. The average molecular weight is 229 g/mol. The van der Waals surface area contributed by atoms with Crippen LogP contribution in [0.3, 0.4) is 0 Å². The van der Waals surface area contributed by atoms with Gasteiger partial charge in [-0.3, -0.25) is 0 Å². The third kappa shape index (κ3) is 3.89. The van der Waals surface area contributed by atoms with Gasteiger partial charge in [0.05, 0.1) is 0 Å². The Balaban J connectivity index is 0.000000791. The normalized spacial score (nSPS) is 9.14. The molecule has 0 fully saturated rings. The first kappa shape index (κ1) is 13.8. The van der Waals surface area contributed by atoms with Crippen LogP contribution >= 0.6 is 11.3 Å². The summed E-state index contributed by atoms with van der Waals surface area (Å²) in [6.07, 6.45) is 6.43. The molecule has 0 unspecified atom stereocenters. The van der Waals surface area contributed by atoms with E-state index in [-0.39, 0.29) is 0 Å². The van der Waals surface area contributed by atoms with Crippen molar-refractivity contribution in [2.75, 3.05) is 6.26 Å². The van der Waals surface area contributed by atoms with E-state index in [1.54, 1.807) is 0 Å². The molecule has 1 heterocycles. The summed E-state index contributed by atoms with van der Waals surface area (Å²) in [4.78, 5) is 0. The minimum atomic E-state index is 1.09. The molecule has 0 aliphatic carbocycles. The predicted octanol–water partition coefficient (Wildman–Crippen LogP) is 4.00. The quantitative estimate of drug-likeness (QED) is 0.416. The van der Waals surface area contributed by atoms with Gasteiger partial charge < -0.3 is 0 Å². The van der Waals surface area contributed by atoms with E-state index in [1.807, 2.05) is 31.3 Å². The maximum Gasteiger partial charge on any atom is 0.209 e. The lowest BCUT2D eigenvalue weighted by Gasteiger charge is -1.94. The Morgan fingerprint density at radius 2 is 2.14 bits per heavy atom. The van der Waals surface area contributed by atoms with Crippen molar-refractivity contribution in [3.8, 4) is 0 Å². The largest absolute Gasteiger partial charge is 0.209 e. The molecule has 0 saturated carbocycles. The third-order valence-electron chi connectivity index (χ3n) is 1.94. The summed E-state index contributed by atoms with van der Waals surface area (Å²) in [5.74, 6) is 0. The van der Waals surface area contributed by atoms with Gasteiger partial charge in [0.25, 0.3) is 0 Å². The van der Waals surface area contributed by atoms with Crippen LogP contribution in [-0.2, 0) is 18.2 Å². The Bertz CT molecular complexity index is 261. The van der Waals surface area contributed by atoms with E-state index < -0.39 is 0 Å². The van der Waals surface area contributed by atoms with Gasteiger partial charge in [0, 0.05) is 17.3 Å². The van der Waals surface area contributed by atoms with Crippen LogP contribution < -0.4 is 0 Å². The first-order valence-corrected chi connectivity index (χ1v) is 7.29. The SMILES string of the molecule is C=CCCc1csc([SH+]C)c1C.CC. The van der Waals surface area contributed by atoms with Gasteiger partial charge in [-0.05, 0) is 30.7 Å². The molecule has 14 heavy (non-hydrogen) atoms. The van der Waals surface area contributed by atoms with Gasteiger partial charge in [-0.2, -0.15) is 0 Å².